The molecule has 1 unspecified atom stereocenters. The maximum Gasteiger partial charge on any atom is 0.338 e. The molecular weight excluding hydrogens is 420 g/mol. The van der Waals surface area contributed by atoms with E-state index in [0.29, 0.717) is 29.3 Å². The van der Waals surface area contributed by atoms with Gasteiger partial charge in [-0.15, -0.1) is 0 Å². The molecule has 1 atom stereocenters. The maximum atomic E-state index is 12.8. The molecule has 1 amide bonds. The second-order valence-corrected chi connectivity index (χ2v) is 8.85. The summed E-state index contributed by atoms with van der Waals surface area (Å²) < 4.78 is 36.2. The van der Waals surface area contributed by atoms with Gasteiger partial charge in [-0.05, 0) is 49.7 Å². The van der Waals surface area contributed by atoms with E-state index in [1.807, 2.05) is 6.92 Å². The smallest absolute Gasteiger partial charge is 0.338 e. The first-order chi connectivity index (χ1) is 14.7. The average Bonchev–Trinajstić information content (AvgIpc) is 2.73. The summed E-state index contributed by atoms with van der Waals surface area (Å²) in [5, 5.41) is 2.68. The molecule has 2 aromatic carbocycles. The zero-order valence-corrected chi connectivity index (χ0v) is 18.9. The van der Waals surface area contributed by atoms with E-state index in [1.54, 1.807) is 48.5 Å². The van der Waals surface area contributed by atoms with E-state index >= 15 is 0 Å². The van der Waals surface area contributed by atoms with Gasteiger partial charge in [-0.25, -0.2) is 13.2 Å². The van der Waals surface area contributed by atoms with E-state index in [9.17, 15) is 18.0 Å². The third-order valence-corrected chi connectivity index (χ3v) is 5.76. The number of methoxy groups -OCH3 is 1. The molecule has 0 aromatic heterocycles. The van der Waals surface area contributed by atoms with Crippen LogP contribution in [0.4, 0.5) is 11.4 Å². The Hall–Kier alpha value is -3.07. The number of hydrogen-bond acceptors (Lipinski definition) is 6. The molecule has 0 aliphatic carbocycles. The summed E-state index contributed by atoms with van der Waals surface area (Å²) >= 11 is 0. The van der Waals surface area contributed by atoms with Crippen molar-refractivity contribution < 1.29 is 27.5 Å². The number of amides is 1. The number of nitrogens with one attached hydrogen (secondary N) is 1. The highest BCUT2D eigenvalue weighted by molar-refractivity contribution is 7.92. The van der Waals surface area contributed by atoms with Crippen molar-refractivity contribution in [1.29, 1.82) is 0 Å². The van der Waals surface area contributed by atoms with E-state index in [-0.39, 0.29) is 0 Å². The monoisotopic (exact) mass is 448 g/mol. The number of anilines is 2. The Kier molecular flexibility index (Phi) is 8.44. The van der Waals surface area contributed by atoms with Crippen LogP contribution in [0.2, 0.25) is 0 Å². The normalized spacial score (nSPS) is 12.0. The van der Waals surface area contributed by atoms with Crippen LogP contribution >= 0.6 is 0 Å². The van der Waals surface area contributed by atoms with Gasteiger partial charge >= 0.3 is 5.97 Å². The van der Waals surface area contributed by atoms with Crippen LogP contribution in [-0.4, -0.2) is 46.3 Å². The van der Waals surface area contributed by atoms with Crippen molar-refractivity contribution in [2.75, 3.05) is 29.6 Å². The second kappa shape index (κ2) is 10.8. The summed E-state index contributed by atoms with van der Waals surface area (Å²) in [5.41, 5.74) is 1.12. The van der Waals surface area contributed by atoms with Crippen LogP contribution in [0.5, 0.6) is 5.75 Å². The highest BCUT2D eigenvalue weighted by atomic mass is 32.2. The topological polar surface area (TPSA) is 102 Å². The molecule has 0 aliphatic rings. The zero-order chi connectivity index (χ0) is 23.0. The van der Waals surface area contributed by atoms with Crippen LogP contribution in [0.25, 0.3) is 0 Å². The molecule has 0 saturated carbocycles. The minimum Gasteiger partial charge on any atom is -0.497 e. The number of esters is 1. The maximum absolute atomic E-state index is 12.8. The molecule has 0 aliphatic heterocycles. The van der Waals surface area contributed by atoms with Gasteiger partial charge in [0, 0.05) is 11.8 Å². The number of sulfonamides is 1. The Morgan fingerprint density at radius 1 is 1.13 bits per heavy atom. The molecule has 31 heavy (non-hydrogen) atoms. The Balaban J connectivity index is 2.14. The fraction of sp³-hybridized carbons (Fsp3) is 0.364. The van der Waals surface area contributed by atoms with E-state index in [2.05, 4.69) is 5.32 Å². The summed E-state index contributed by atoms with van der Waals surface area (Å²) in [4.78, 5) is 24.8. The van der Waals surface area contributed by atoms with Gasteiger partial charge in [-0.3, -0.25) is 9.10 Å². The average molecular weight is 449 g/mol. The Labute approximate surface area is 183 Å². The third-order valence-electron chi connectivity index (χ3n) is 4.52. The summed E-state index contributed by atoms with van der Waals surface area (Å²) in [7, 11) is -2.28. The molecule has 0 heterocycles. The SMILES string of the molecule is CCCCOC(=O)c1ccc(NC(=O)C(C)N(c2cccc(OC)c2)S(C)(=O)=O)cc1. The van der Waals surface area contributed by atoms with Crippen LogP contribution in [0, 0.1) is 0 Å². The Bertz CT molecular complexity index is 1000. The molecule has 0 spiro atoms. The fourth-order valence-electron chi connectivity index (χ4n) is 2.89. The molecule has 168 valence electrons. The summed E-state index contributed by atoms with van der Waals surface area (Å²) in [5.74, 6) is -0.479. The third kappa shape index (κ3) is 6.71. The van der Waals surface area contributed by atoms with Crippen molar-refractivity contribution in [3.05, 3.63) is 54.1 Å². The lowest BCUT2D eigenvalue weighted by molar-refractivity contribution is -0.116. The molecule has 0 radical (unpaired) electrons. The summed E-state index contributed by atoms with van der Waals surface area (Å²) in [6.45, 7) is 3.86. The van der Waals surface area contributed by atoms with E-state index in [4.69, 9.17) is 9.47 Å². The van der Waals surface area contributed by atoms with Crippen molar-refractivity contribution >= 4 is 33.3 Å². The lowest BCUT2D eigenvalue weighted by atomic mass is 10.2. The minimum absolute atomic E-state index is 0.315. The van der Waals surface area contributed by atoms with E-state index < -0.39 is 27.9 Å². The molecule has 0 saturated heterocycles. The number of unbranched alkanes of at least 4 members (excludes halogenated alkanes) is 1. The molecule has 0 fully saturated rings. The zero-order valence-electron chi connectivity index (χ0n) is 18.1. The number of benzene rings is 2. The molecule has 8 nitrogen and oxygen atoms in total. The van der Waals surface area contributed by atoms with Gasteiger partial charge in [0.15, 0.2) is 0 Å². The number of rotatable bonds is 10. The predicted octanol–water partition coefficient (Wildman–Crippen LogP) is 3.45. The van der Waals surface area contributed by atoms with Gasteiger partial charge in [-0.2, -0.15) is 0 Å². The molecule has 1 N–H and O–H groups in total. The standard InChI is InChI=1S/C22H28N2O6S/c1-5-6-14-30-22(26)17-10-12-18(13-11-17)23-21(25)16(2)24(31(4,27)28)19-8-7-9-20(15-19)29-3/h7-13,15-16H,5-6,14H2,1-4H3,(H,23,25). The summed E-state index contributed by atoms with van der Waals surface area (Å²) in [6, 6.07) is 11.7. The molecule has 2 aromatic rings. The molecular formula is C22H28N2O6S. The lowest BCUT2D eigenvalue weighted by Gasteiger charge is -2.28. The van der Waals surface area contributed by atoms with E-state index in [1.165, 1.54) is 14.0 Å². The molecule has 9 heteroatoms. The quantitative estimate of drug-likeness (QED) is 0.441. The molecule has 2 rings (SSSR count). The lowest BCUT2D eigenvalue weighted by Crippen LogP contribution is -2.45. The van der Waals surface area contributed by atoms with Crippen molar-refractivity contribution in [3.63, 3.8) is 0 Å². The fourth-order valence-corrected chi connectivity index (χ4v) is 4.05. The molecule has 0 bridgehead atoms. The number of carbonyl (C=O) groups excluding carboxylic acids is 2. The first-order valence-corrected chi connectivity index (χ1v) is 11.7. The number of hydrogen-bond donors (Lipinski definition) is 1. The van der Waals surface area contributed by atoms with Crippen LogP contribution in [0.1, 0.15) is 37.0 Å². The van der Waals surface area contributed by atoms with Crippen LogP contribution < -0.4 is 14.4 Å². The van der Waals surface area contributed by atoms with Gasteiger partial charge in [0.2, 0.25) is 15.9 Å². The van der Waals surface area contributed by atoms with Gasteiger partial charge in [-0.1, -0.05) is 19.4 Å². The Morgan fingerprint density at radius 2 is 1.81 bits per heavy atom. The minimum atomic E-state index is -3.75. The van der Waals surface area contributed by atoms with Crippen molar-refractivity contribution in [1.82, 2.24) is 0 Å². The van der Waals surface area contributed by atoms with E-state index in [0.717, 1.165) is 23.4 Å². The van der Waals surface area contributed by atoms with Crippen LogP contribution in [0.3, 0.4) is 0 Å². The number of carbonyl (C=O) groups is 2. The predicted molar refractivity (Wildman–Crippen MR) is 120 cm³/mol. The highest BCUT2D eigenvalue weighted by Crippen LogP contribution is 2.25. The summed E-state index contributed by atoms with van der Waals surface area (Å²) in [6.07, 6.45) is 2.76. The van der Waals surface area contributed by atoms with Gasteiger partial charge in [0.25, 0.3) is 0 Å². The van der Waals surface area contributed by atoms with Crippen molar-refractivity contribution in [2.45, 2.75) is 32.7 Å². The first-order valence-electron chi connectivity index (χ1n) is 9.89. The van der Waals surface area contributed by atoms with Crippen LogP contribution in [-0.2, 0) is 19.6 Å². The Morgan fingerprint density at radius 3 is 2.39 bits per heavy atom. The van der Waals surface area contributed by atoms with Gasteiger partial charge in [0.1, 0.15) is 11.8 Å². The van der Waals surface area contributed by atoms with Gasteiger partial charge in [0.05, 0.1) is 31.2 Å². The largest absolute Gasteiger partial charge is 0.497 e. The number of nitrogens with zero attached hydrogens (tertiary/aromatic N) is 1. The first kappa shape index (κ1) is 24.2. The highest BCUT2D eigenvalue weighted by Gasteiger charge is 2.29. The second-order valence-electron chi connectivity index (χ2n) is 6.99. The number of ether oxygens (including phenoxy) is 2. The van der Waals surface area contributed by atoms with Crippen molar-refractivity contribution in [2.24, 2.45) is 0 Å². The van der Waals surface area contributed by atoms with Gasteiger partial charge < -0.3 is 14.8 Å². The van der Waals surface area contributed by atoms with Crippen molar-refractivity contribution in [3.8, 4) is 5.75 Å². The van der Waals surface area contributed by atoms with Crippen LogP contribution in [0.15, 0.2) is 48.5 Å².